The van der Waals surface area contributed by atoms with E-state index in [1.54, 1.807) is 12.1 Å². The van der Waals surface area contributed by atoms with Crippen LogP contribution in [0.2, 0.25) is 0 Å². The molecule has 0 spiro atoms. The van der Waals surface area contributed by atoms with Gasteiger partial charge in [0.25, 0.3) is 17.0 Å². The highest BCUT2D eigenvalue weighted by atomic mass is 16.4. The summed E-state index contributed by atoms with van der Waals surface area (Å²) in [6, 6.07) is 38.7. The van der Waals surface area contributed by atoms with Gasteiger partial charge in [0.15, 0.2) is 0 Å². The second-order valence-corrected chi connectivity index (χ2v) is 12.8. The molecule has 4 aromatic carbocycles. The molecule has 0 aliphatic carbocycles. The van der Waals surface area contributed by atoms with E-state index in [0.717, 1.165) is 46.5 Å². The summed E-state index contributed by atoms with van der Waals surface area (Å²) >= 11 is 0. The van der Waals surface area contributed by atoms with Crippen LogP contribution in [0, 0.1) is 27.7 Å². The Kier molecular flexibility index (Phi) is 14.4. The van der Waals surface area contributed by atoms with Gasteiger partial charge in [-0.25, -0.2) is 4.79 Å². The van der Waals surface area contributed by atoms with E-state index in [2.05, 4.69) is 39.6 Å². The fourth-order valence-corrected chi connectivity index (χ4v) is 5.71. The zero-order valence-electron chi connectivity index (χ0n) is 30.5. The zero-order chi connectivity index (χ0) is 38.3. The van der Waals surface area contributed by atoms with Crippen molar-refractivity contribution in [2.45, 2.75) is 53.6 Å². The molecule has 2 aromatic heterocycles. The molecule has 0 saturated heterocycles. The first-order valence-corrected chi connectivity index (χ1v) is 17.3. The standard InChI is InChI=1S/C22H22N2O2.C14H12O2.C8H12N2O/c1-15-12-16(2)24-22(26)20(15)14-23-21(25)19-10-8-18(9-11-19)13-17-6-4-3-5-7-17;15-14(16)13-8-6-12(7-9-13)10-11-4-2-1-3-5-11;1-5-3-6(2)10-8(11)7(5)4-9/h3-12H,13-14H2,1-2H3,(H,23,25)(H,24,26);1-9H,10H2,(H,15,16);3H,4,9H2,1-2H3,(H,10,11). The quantitative estimate of drug-likeness (QED) is 0.109. The summed E-state index contributed by atoms with van der Waals surface area (Å²) in [6.07, 6.45) is 1.67. The molecule has 9 heteroatoms. The van der Waals surface area contributed by atoms with E-state index < -0.39 is 5.97 Å². The van der Waals surface area contributed by atoms with Gasteiger partial charge >= 0.3 is 5.97 Å². The van der Waals surface area contributed by atoms with Crippen LogP contribution in [0.25, 0.3) is 0 Å². The number of hydrogen-bond donors (Lipinski definition) is 5. The van der Waals surface area contributed by atoms with E-state index in [-0.39, 0.29) is 23.6 Å². The zero-order valence-corrected chi connectivity index (χ0v) is 30.5. The number of benzene rings is 4. The lowest BCUT2D eigenvalue weighted by Crippen LogP contribution is -2.27. The van der Waals surface area contributed by atoms with Gasteiger partial charge in [-0.15, -0.1) is 0 Å². The fourth-order valence-electron chi connectivity index (χ4n) is 5.71. The maximum absolute atomic E-state index is 12.4. The van der Waals surface area contributed by atoms with Crippen molar-refractivity contribution >= 4 is 11.9 Å². The molecule has 1 amide bonds. The lowest BCUT2D eigenvalue weighted by atomic mass is 10.0. The summed E-state index contributed by atoms with van der Waals surface area (Å²) in [4.78, 5) is 51.7. The second kappa shape index (κ2) is 19.3. The molecule has 0 unspecified atom stereocenters. The Labute approximate surface area is 309 Å². The van der Waals surface area contributed by atoms with Crippen LogP contribution < -0.4 is 22.2 Å². The average Bonchev–Trinajstić information content (AvgIpc) is 3.13. The fraction of sp³-hybridized carbons (Fsp3) is 0.182. The van der Waals surface area contributed by atoms with Gasteiger partial charge in [-0.3, -0.25) is 14.4 Å². The average molecular weight is 711 g/mol. The van der Waals surface area contributed by atoms with Crippen molar-refractivity contribution in [1.29, 1.82) is 0 Å². The molecular formula is C44H46N4O5. The molecular weight excluding hydrogens is 665 g/mol. The van der Waals surface area contributed by atoms with Gasteiger partial charge in [0.05, 0.1) is 5.56 Å². The van der Waals surface area contributed by atoms with E-state index >= 15 is 0 Å². The van der Waals surface area contributed by atoms with E-state index in [1.165, 1.54) is 11.1 Å². The minimum Gasteiger partial charge on any atom is -0.478 e. The Morgan fingerprint density at radius 1 is 0.585 bits per heavy atom. The van der Waals surface area contributed by atoms with E-state index in [4.69, 9.17) is 10.8 Å². The van der Waals surface area contributed by atoms with Crippen molar-refractivity contribution in [2.24, 2.45) is 5.73 Å². The summed E-state index contributed by atoms with van der Waals surface area (Å²) in [7, 11) is 0. The Morgan fingerprint density at radius 3 is 1.38 bits per heavy atom. The molecule has 53 heavy (non-hydrogen) atoms. The Balaban J connectivity index is 0.000000197. The number of nitrogens with one attached hydrogen (secondary N) is 3. The van der Waals surface area contributed by atoms with Crippen molar-refractivity contribution in [1.82, 2.24) is 15.3 Å². The number of aryl methyl sites for hydroxylation is 4. The largest absolute Gasteiger partial charge is 0.478 e. The number of H-pyrrole nitrogens is 2. The molecule has 0 aliphatic heterocycles. The van der Waals surface area contributed by atoms with Crippen molar-refractivity contribution in [3.63, 3.8) is 0 Å². The third-order valence-corrected chi connectivity index (χ3v) is 8.54. The highest BCUT2D eigenvalue weighted by Gasteiger charge is 2.10. The Morgan fingerprint density at radius 2 is 0.981 bits per heavy atom. The number of aromatic amines is 2. The summed E-state index contributed by atoms with van der Waals surface area (Å²) in [5, 5.41) is 11.6. The van der Waals surface area contributed by atoms with Crippen molar-refractivity contribution in [3.05, 3.63) is 209 Å². The number of nitrogens with two attached hydrogens (primary N) is 1. The number of rotatable bonds is 9. The molecule has 6 N–H and O–H groups in total. The first-order chi connectivity index (χ1) is 25.4. The number of hydrogen-bond acceptors (Lipinski definition) is 5. The molecule has 2 heterocycles. The highest BCUT2D eigenvalue weighted by molar-refractivity contribution is 5.94. The Bertz CT molecular complexity index is 2230. The van der Waals surface area contributed by atoms with Gasteiger partial charge in [0, 0.05) is 41.2 Å². The van der Waals surface area contributed by atoms with Gasteiger partial charge in [-0.05, 0) is 110 Å². The number of aromatic carboxylic acids is 1. The van der Waals surface area contributed by atoms with Crippen LogP contribution in [0.3, 0.4) is 0 Å². The van der Waals surface area contributed by atoms with Crippen LogP contribution in [0.5, 0.6) is 0 Å². The summed E-state index contributed by atoms with van der Waals surface area (Å²) in [5.74, 6) is -1.07. The minimum absolute atomic E-state index is 0.0648. The van der Waals surface area contributed by atoms with Crippen LogP contribution in [0.4, 0.5) is 0 Å². The van der Waals surface area contributed by atoms with Gasteiger partial charge in [-0.2, -0.15) is 0 Å². The molecule has 0 radical (unpaired) electrons. The van der Waals surface area contributed by atoms with Crippen LogP contribution >= 0.6 is 0 Å². The molecule has 0 atom stereocenters. The van der Waals surface area contributed by atoms with Gasteiger partial charge in [0.2, 0.25) is 0 Å². The molecule has 6 rings (SSSR count). The number of aromatic nitrogens is 2. The third-order valence-electron chi connectivity index (χ3n) is 8.54. The third kappa shape index (κ3) is 12.2. The molecule has 6 aromatic rings. The molecule has 9 nitrogen and oxygen atoms in total. The highest BCUT2D eigenvalue weighted by Crippen LogP contribution is 2.12. The summed E-state index contributed by atoms with van der Waals surface area (Å²) in [6.45, 7) is 7.99. The minimum atomic E-state index is -0.883. The number of carbonyl (C=O) groups is 2. The molecule has 0 saturated carbocycles. The SMILES string of the molecule is Cc1cc(C)c(CN)c(=O)[nH]1.Cc1cc(C)c(CNC(=O)c2ccc(Cc3ccccc3)cc2)c(=O)[nH]1.O=C(O)c1ccc(Cc2ccccc2)cc1. The van der Waals surface area contributed by atoms with Gasteiger partial charge in [-0.1, -0.05) is 84.9 Å². The topological polar surface area (TPSA) is 158 Å². The summed E-state index contributed by atoms with van der Waals surface area (Å²) < 4.78 is 0. The van der Waals surface area contributed by atoms with Crippen LogP contribution in [-0.2, 0) is 25.9 Å². The summed E-state index contributed by atoms with van der Waals surface area (Å²) in [5.41, 5.74) is 15.6. The first kappa shape index (κ1) is 39.5. The second-order valence-electron chi connectivity index (χ2n) is 12.8. The van der Waals surface area contributed by atoms with Crippen molar-refractivity contribution in [3.8, 4) is 0 Å². The van der Waals surface area contributed by atoms with Crippen LogP contribution in [-0.4, -0.2) is 27.0 Å². The molecule has 0 fully saturated rings. The lowest BCUT2D eigenvalue weighted by Gasteiger charge is -2.09. The maximum atomic E-state index is 12.4. The van der Waals surface area contributed by atoms with E-state index in [1.807, 2.05) is 113 Å². The number of pyridine rings is 2. The normalized spacial score (nSPS) is 10.3. The predicted molar refractivity (Wildman–Crippen MR) is 210 cm³/mol. The van der Waals surface area contributed by atoms with E-state index in [0.29, 0.717) is 28.8 Å². The molecule has 0 aliphatic rings. The van der Waals surface area contributed by atoms with Crippen molar-refractivity contribution in [2.75, 3.05) is 0 Å². The maximum Gasteiger partial charge on any atom is 0.335 e. The monoisotopic (exact) mass is 710 g/mol. The van der Waals surface area contributed by atoms with Gasteiger partial charge < -0.3 is 26.1 Å². The number of amides is 1. The van der Waals surface area contributed by atoms with Crippen LogP contribution in [0.1, 0.15) is 76.6 Å². The Hall–Kier alpha value is -6.32. The van der Waals surface area contributed by atoms with Gasteiger partial charge in [0.1, 0.15) is 0 Å². The van der Waals surface area contributed by atoms with Crippen LogP contribution in [0.15, 0.2) is 131 Å². The molecule has 0 bridgehead atoms. The molecule has 272 valence electrons. The number of carboxylic acid groups (broad SMARTS) is 1. The smallest absolute Gasteiger partial charge is 0.335 e. The lowest BCUT2D eigenvalue weighted by molar-refractivity contribution is 0.0696. The number of carbonyl (C=O) groups excluding carboxylic acids is 1. The predicted octanol–water partition coefficient (Wildman–Crippen LogP) is 6.94. The van der Waals surface area contributed by atoms with Crippen molar-refractivity contribution < 1.29 is 14.7 Å². The van der Waals surface area contributed by atoms with E-state index in [9.17, 15) is 19.2 Å². The first-order valence-electron chi connectivity index (χ1n) is 17.3. The number of carboxylic acids is 1.